The summed E-state index contributed by atoms with van der Waals surface area (Å²) in [5.74, 6) is -1.96. The molecule has 1 saturated heterocycles. The van der Waals surface area contributed by atoms with Gasteiger partial charge in [-0.2, -0.15) is 0 Å². The molecule has 1 amide bonds. The van der Waals surface area contributed by atoms with Gasteiger partial charge in [-0.3, -0.25) is 9.59 Å². The van der Waals surface area contributed by atoms with Gasteiger partial charge < -0.3 is 10.0 Å². The minimum Gasteiger partial charge on any atom is -0.481 e. The van der Waals surface area contributed by atoms with E-state index in [4.69, 9.17) is 0 Å². The third-order valence-corrected chi connectivity index (χ3v) is 8.40. The van der Waals surface area contributed by atoms with E-state index in [0.717, 1.165) is 5.56 Å². The first-order valence-corrected chi connectivity index (χ1v) is 10.5. The summed E-state index contributed by atoms with van der Waals surface area (Å²) in [6, 6.07) is 5.27. The quantitative estimate of drug-likeness (QED) is 0.867. The van der Waals surface area contributed by atoms with Crippen LogP contribution in [0.1, 0.15) is 43.2 Å². The average Bonchev–Trinajstić information content (AvgIpc) is 3.26. The van der Waals surface area contributed by atoms with Gasteiger partial charge in [0.1, 0.15) is 0 Å². The molecule has 1 heterocycles. The highest BCUT2D eigenvalue weighted by Gasteiger charge is 2.55. The van der Waals surface area contributed by atoms with E-state index in [1.165, 1.54) is 4.90 Å². The molecule has 26 heavy (non-hydrogen) atoms. The summed E-state index contributed by atoms with van der Waals surface area (Å²) in [6.07, 6.45) is 2.35. The third kappa shape index (κ3) is 2.92. The number of hydrogen-bond acceptors (Lipinski definition) is 4. The van der Waals surface area contributed by atoms with Crippen molar-refractivity contribution in [1.82, 2.24) is 4.90 Å². The Morgan fingerprint density at radius 1 is 1.19 bits per heavy atom. The maximum absolute atomic E-state index is 13.6. The number of aryl methyl sites for hydroxylation is 2. The predicted molar refractivity (Wildman–Crippen MR) is 96.6 cm³/mol. The number of hydrogen-bond donors (Lipinski definition) is 1. The monoisotopic (exact) mass is 379 g/mol. The Bertz CT molecular complexity index is 839. The van der Waals surface area contributed by atoms with Crippen LogP contribution in [-0.2, 0) is 19.4 Å². The molecule has 0 radical (unpaired) electrons. The standard InChI is InChI=1S/C19H25NO5S/c1-13-5-6-14(2)16(11-13)26(24,25)19(8-3-4-9-19)18(23)20-10-7-15(12-20)17(21)22/h5-6,11,15H,3-4,7-10,12H2,1-2H3,(H,21,22)/t15-/m1/s1. The first-order chi connectivity index (χ1) is 12.2. The van der Waals surface area contributed by atoms with E-state index in [1.807, 2.05) is 13.0 Å². The topological polar surface area (TPSA) is 91.8 Å². The second kappa shape index (κ2) is 6.68. The van der Waals surface area contributed by atoms with Crippen molar-refractivity contribution in [3.63, 3.8) is 0 Å². The highest BCUT2D eigenvalue weighted by molar-refractivity contribution is 7.93. The summed E-state index contributed by atoms with van der Waals surface area (Å²) in [7, 11) is -3.87. The zero-order valence-corrected chi connectivity index (χ0v) is 16.0. The number of sulfone groups is 1. The molecule has 1 aliphatic carbocycles. The van der Waals surface area contributed by atoms with Crippen molar-refractivity contribution in [1.29, 1.82) is 0 Å². The number of likely N-dealkylation sites (tertiary alicyclic amines) is 1. The number of carbonyl (C=O) groups is 2. The fraction of sp³-hybridized carbons (Fsp3) is 0.579. The van der Waals surface area contributed by atoms with Crippen LogP contribution in [0.2, 0.25) is 0 Å². The van der Waals surface area contributed by atoms with Crippen LogP contribution in [0.5, 0.6) is 0 Å². The lowest BCUT2D eigenvalue weighted by molar-refractivity contribution is -0.141. The number of carboxylic acid groups (broad SMARTS) is 1. The Morgan fingerprint density at radius 3 is 2.42 bits per heavy atom. The van der Waals surface area contributed by atoms with Gasteiger partial charge in [0.2, 0.25) is 5.91 Å². The van der Waals surface area contributed by atoms with Crippen molar-refractivity contribution in [2.24, 2.45) is 5.92 Å². The van der Waals surface area contributed by atoms with Crippen LogP contribution in [0.15, 0.2) is 23.1 Å². The van der Waals surface area contributed by atoms with E-state index < -0.39 is 32.4 Å². The van der Waals surface area contributed by atoms with Crippen LogP contribution < -0.4 is 0 Å². The number of carboxylic acids is 1. The SMILES string of the molecule is Cc1ccc(C)c(S(=O)(=O)C2(C(=O)N3CC[C@@H](C(=O)O)C3)CCCC2)c1. The molecule has 1 saturated carbocycles. The van der Waals surface area contributed by atoms with Gasteiger partial charge in [0, 0.05) is 13.1 Å². The summed E-state index contributed by atoms with van der Waals surface area (Å²) >= 11 is 0. The van der Waals surface area contributed by atoms with E-state index >= 15 is 0 Å². The molecule has 6 nitrogen and oxygen atoms in total. The smallest absolute Gasteiger partial charge is 0.308 e. The Balaban J connectivity index is 2.01. The Kier molecular flexibility index (Phi) is 4.86. The van der Waals surface area contributed by atoms with Gasteiger partial charge in [0.05, 0.1) is 10.8 Å². The maximum atomic E-state index is 13.6. The van der Waals surface area contributed by atoms with Crippen LogP contribution in [0.25, 0.3) is 0 Å². The molecule has 2 aliphatic rings. The summed E-state index contributed by atoms with van der Waals surface area (Å²) in [5.41, 5.74) is 1.47. The van der Waals surface area contributed by atoms with Crippen LogP contribution in [-0.4, -0.2) is 48.1 Å². The van der Waals surface area contributed by atoms with Crippen LogP contribution in [0.3, 0.4) is 0 Å². The Labute approximate surface area is 154 Å². The van der Waals surface area contributed by atoms with E-state index in [2.05, 4.69) is 0 Å². The second-order valence-corrected chi connectivity index (χ2v) is 9.78. The van der Waals surface area contributed by atoms with Gasteiger partial charge in [0.25, 0.3) is 0 Å². The molecule has 1 atom stereocenters. The fourth-order valence-electron chi connectivity index (χ4n) is 4.19. The number of carbonyl (C=O) groups excluding carboxylic acids is 1. The van der Waals surface area contributed by atoms with Gasteiger partial charge in [-0.05, 0) is 50.3 Å². The lowest BCUT2D eigenvalue weighted by atomic mass is 10.1. The van der Waals surface area contributed by atoms with Gasteiger partial charge in [-0.1, -0.05) is 25.0 Å². The number of amides is 1. The molecule has 0 unspecified atom stereocenters. The summed E-state index contributed by atoms with van der Waals surface area (Å²) in [6.45, 7) is 3.98. The molecule has 0 spiro atoms. The molecular weight excluding hydrogens is 354 g/mol. The number of aliphatic carboxylic acids is 1. The van der Waals surface area contributed by atoms with Gasteiger partial charge in [-0.15, -0.1) is 0 Å². The zero-order chi connectivity index (χ0) is 19.1. The van der Waals surface area contributed by atoms with E-state index in [1.54, 1.807) is 19.1 Å². The van der Waals surface area contributed by atoms with Crippen molar-refractivity contribution in [3.05, 3.63) is 29.3 Å². The zero-order valence-electron chi connectivity index (χ0n) is 15.2. The van der Waals surface area contributed by atoms with Gasteiger partial charge in [-0.25, -0.2) is 8.42 Å². The molecule has 7 heteroatoms. The highest BCUT2D eigenvalue weighted by Crippen LogP contribution is 2.43. The normalized spacial score (nSPS) is 22.5. The van der Waals surface area contributed by atoms with Crippen molar-refractivity contribution in [2.75, 3.05) is 13.1 Å². The van der Waals surface area contributed by atoms with Crippen LogP contribution >= 0.6 is 0 Å². The summed E-state index contributed by atoms with van der Waals surface area (Å²) in [4.78, 5) is 26.2. The van der Waals surface area contributed by atoms with Crippen molar-refractivity contribution >= 4 is 21.7 Å². The molecule has 1 aliphatic heterocycles. The van der Waals surface area contributed by atoms with E-state index in [0.29, 0.717) is 44.2 Å². The van der Waals surface area contributed by atoms with Crippen molar-refractivity contribution in [3.8, 4) is 0 Å². The largest absolute Gasteiger partial charge is 0.481 e. The molecule has 142 valence electrons. The maximum Gasteiger partial charge on any atom is 0.308 e. The third-order valence-electron chi connectivity index (χ3n) is 5.77. The molecule has 0 aromatic heterocycles. The van der Waals surface area contributed by atoms with Crippen molar-refractivity contribution < 1.29 is 23.1 Å². The van der Waals surface area contributed by atoms with E-state index in [9.17, 15) is 23.1 Å². The number of rotatable bonds is 4. The molecule has 0 bridgehead atoms. The molecule has 3 rings (SSSR count). The van der Waals surface area contributed by atoms with E-state index in [-0.39, 0.29) is 11.4 Å². The molecule has 1 N–H and O–H groups in total. The number of benzene rings is 1. The first-order valence-electron chi connectivity index (χ1n) is 9.03. The molecular formula is C19H25NO5S. The first kappa shape index (κ1) is 18.9. The minimum absolute atomic E-state index is 0.0955. The fourth-order valence-corrected chi connectivity index (χ4v) is 6.62. The predicted octanol–water partition coefficient (Wildman–Crippen LogP) is 2.32. The van der Waals surface area contributed by atoms with Gasteiger partial charge >= 0.3 is 5.97 Å². The lowest BCUT2D eigenvalue weighted by Crippen LogP contribution is -2.52. The van der Waals surface area contributed by atoms with Crippen LogP contribution in [0.4, 0.5) is 0 Å². The van der Waals surface area contributed by atoms with Gasteiger partial charge in [0.15, 0.2) is 14.6 Å². The molecule has 2 fully saturated rings. The number of nitrogens with zero attached hydrogens (tertiary/aromatic N) is 1. The van der Waals surface area contributed by atoms with Crippen LogP contribution in [0, 0.1) is 19.8 Å². The summed E-state index contributed by atoms with van der Waals surface area (Å²) < 4.78 is 25.7. The molecule has 1 aromatic rings. The Morgan fingerprint density at radius 2 is 1.85 bits per heavy atom. The summed E-state index contributed by atoms with van der Waals surface area (Å²) in [5, 5.41) is 9.19. The molecule has 1 aromatic carbocycles. The second-order valence-electron chi connectivity index (χ2n) is 7.55. The Hall–Kier alpha value is -1.89. The lowest BCUT2D eigenvalue weighted by Gasteiger charge is -2.32. The average molecular weight is 379 g/mol. The minimum atomic E-state index is -3.87. The van der Waals surface area contributed by atoms with Crippen molar-refractivity contribution in [2.45, 2.75) is 55.6 Å². The highest BCUT2D eigenvalue weighted by atomic mass is 32.2.